The maximum atomic E-state index is 5.99. The van der Waals surface area contributed by atoms with Gasteiger partial charge in [-0.2, -0.15) is 0 Å². The Kier molecular flexibility index (Phi) is 4.00. The number of rotatable bonds is 4. The zero-order chi connectivity index (χ0) is 10.7. The van der Waals surface area contributed by atoms with Crippen molar-refractivity contribution in [2.45, 2.75) is 51.4 Å². The molecule has 0 saturated carbocycles. The summed E-state index contributed by atoms with van der Waals surface area (Å²) < 4.78 is 5.99. The van der Waals surface area contributed by atoms with Crippen LogP contribution >= 0.6 is 0 Å². The molecule has 0 spiro atoms. The van der Waals surface area contributed by atoms with E-state index in [9.17, 15) is 0 Å². The van der Waals surface area contributed by atoms with Crippen molar-refractivity contribution in [3.05, 3.63) is 0 Å². The molecule has 0 aromatic carbocycles. The maximum absolute atomic E-state index is 5.99. The Morgan fingerprint density at radius 2 is 1.80 bits per heavy atom. The molecular formula is C12H24N2O. The fraction of sp³-hybridized carbons (Fsp3) is 1.00. The van der Waals surface area contributed by atoms with Gasteiger partial charge in [-0.15, -0.1) is 0 Å². The standard InChI is InChI=1S/C12H24N2O/c1-3-11-8-14(7-10-5-6-13-10)9-12(4-2)15-11/h10-13H,3-9H2,1-2H3. The molecule has 0 aliphatic carbocycles. The largest absolute Gasteiger partial charge is 0.372 e. The van der Waals surface area contributed by atoms with Gasteiger partial charge in [-0.05, 0) is 25.8 Å². The van der Waals surface area contributed by atoms with Gasteiger partial charge in [-0.3, -0.25) is 4.90 Å². The van der Waals surface area contributed by atoms with Gasteiger partial charge in [0.15, 0.2) is 0 Å². The number of morpholine rings is 1. The molecule has 88 valence electrons. The summed E-state index contributed by atoms with van der Waals surface area (Å²) in [5.74, 6) is 0. The highest BCUT2D eigenvalue weighted by Crippen LogP contribution is 2.17. The summed E-state index contributed by atoms with van der Waals surface area (Å²) in [6.07, 6.45) is 4.56. The van der Waals surface area contributed by atoms with E-state index in [2.05, 4.69) is 24.1 Å². The fourth-order valence-corrected chi connectivity index (χ4v) is 2.42. The van der Waals surface area contributed by atoms with Crippen LogP contribution in [0.2, 0.25) is 0 Å². The van der Waals surface area contributed by atoms with Gasteiger partial charge in [0, 0.05) is 25.7 Å². The second-order valence-electron chi connectivity index (χ2n) is 4.85. The first-order chi connectivity index (χ1) is 7.31. The van der Waals surface area contributed by atoms with Gasteiger partial charge in [0.2, 0.25) is 0 Å². The fourth-order valence-electron chi connectivity index (χ4n) is 2.42. The van der Waals surface area contributed by atoms with Crippen molar-refractivity contribution in [1.82, 2.24) is 10.2 Å². The van der Waals surface area contributed by atoms with Crippen LogP contribution in [-0.4, -0.2) is 49.3 Å². The van der Waals surface area contributed by atoms with Crippen molar-refractivity contribution in [3.63, 3.8) is 0 Å². The lowest BCUT2D eigenvalue weighted by atomic mass is 10.0. The Hall–Kier alpha value is -0.120. The molecule has 2 heterocycles. The minimum Gasteiger partial charge on any atom is -0.372 e. The lowest BCUT2D eigenvalue weighted by molar-refractivity contribution is -0.0898. The molecule has 2 aliphatic rings. The first kappa shape index (κ1) is 11.4. The molecule has 2 aliphatic heterocycles. The third-order valence-corrected chi connectivity index (χ3v) is 3.62. The van der Waals surface area contributed by atoms with Crippen molar-refractivity contribution < 1.29 is 4.74 Å². The Labute approximate surface area is 93.2 Å². The Morgan fingerprint density at radius 3 is 2.20 bits per heavy atom. The Balaban J connectivity index is 1.81. The van der Waals surface area contributed by atoms with Crippen molar-refractivity contribution >= 4 is 0 Å². The summed E-state index contributed by atoms with van der Waals surface area (Å²) in [7, 11) is 0. The second kappa shape index (κ2) is 5.28. The third kappa shape index (κ3) is 2.92. The number of ether oxygens (including phenoxy) is 1. The van der Waals surface area contributed by atoms with E-state index in [1.165, 1.54) is 19.5 Å². The normalized spacial score (nSPS) is 37.6. The van der Waals surface area contributed by atoms with Crippen molar-refractivity contribution in [1.29, 1.82) is 0 Å². The average Bonchev–Trinajstić information content (AvgIpc) is 2.23. The van der Waals surface area contributed by atoms with Gasteiger partial charge in [-0.25, -0.2) is 0 Å². The van der Waals surface area contributed by atoms with Gasteiger partial charge in [0.1, 0.15) is 0 Å². The predicted molar refractivity (Wildman–Crippen MR) is 62.1 cm³/mol. The average molecular weight is 212 g/mol. The lowest BCUT2D eigenvalue weighted by Crippen LogP contribution is -2.55. The van der Waals surface area contributed by atoms with Gasteiger partial charge >= 0.3 is 0 Å². The first-order valence-corrected chi connectivity index (χ1v) is 6.43. The highest BCUT2D eigenvalue weighted by atomic mass is 16.5. The molecule has 0 bridgehead atoms. The van der Waals surface area contributed by atoms with Gasteiger partial charge < -0.3 is 10.1 Å². The molecule has 3 atom stereocenters. The van der Waals surface area contributed by atoms with Crippen LogP contribution < -0.4 is 5.32 Å². The minimum atomic E-state index is 0.462. The van der Waals surface area contributed by atoms with Crippen LogP contribution in [0.5, 0.6) is 0 Å². The Morgan fingerprint density at radius 1 is 1.20 bits per heavy atom. The minimum absolute atomic E-state index is 0.462. The second-order valence-corrected chi connectivity index (χ2v) is 4.85. The summed E-state index contributed by atoms with van der Waals surface area (Å²) >= 11 is 0. The molecule has 2 fully saturated rings. The maximum Gasteiger partial charge on any atom is 0.0703 e. The summed E-state index contributed by atoms with van der Waals surface area (Å²) in [5, 5.41) is 3.48. The van der Waals surface area contributed by atoms with E-state index >= 15 is 0 Å². The summed E-state index contributed by atoms with van der Waals surface area (Å²) in [6.45, 7) is 9.14. The number of hydrogen-bond acceptors (Lipinski definition) is 3. The molecule has 3 unspecified atom stereocenters. The van der Waals surface area contributed by atoms with Crippen LogP contribution in [0.25, 0.3) is 0 Å². The van der Waals surface area contributed by atoms with E-state index in [-0.39, 0.29) is 0 Å². The predicted octanol–water partition coefficient (Wildman–Crippen LogP) is 1.24. The smallest absolute Gasteiger partial charge is 0.0703 e. The zero-order valence-electron chi connectivity index (χ0n) is 10.0. The highest BCUT2D eigenvalue weighted by molar-refractivity contribution is 4.84. The molecule has 3 heteroatoms. The molecule has 3 nitrogen and oxygen atoms in total. The molecular weight excluding hydrogens is 188 g/mol. The molecule has 0 aromatic rings. The van der Waals surface area contributed by atoms with Crippen molar-refractivity contribution in [3.8, 4) is 0 Å². The summed E-state index contributed by atoms with van der Waals surface area (Å²) in [6, 6.07) is 0.748. The topological polar surface area (TPSA) is 24.5 Å². The van der Waals surface area contributed by atoms with E-state index in [0.29, 0.717) is 12.2 Å². The van der Waals surface area contributed by atoms with Crippen molar-refractivity contribution in [2.75, 3.05) is 26.2 Å². The first-order valence-electron chi connectivity index (χ1n) is 6.43. The monoisotopic (exact) mass is 212 g/mol. The Bertz CT molecular complexity index is 179. The molecule has 15 heavy (non-hydrogen) atoms. The molecule has 2 rings (SSSR count). The van der Waals surface area contributed by atoms with Crippen LogP contribution in [-0.2, 0) is 4.74 Å². The zero-order valence-corrected chi connectivity index (χ0v) is 10.0. The third-order valence-electron chi connectivity index (χ3n) is 3.62. The van der Waals surface area contributed by atoms with Gasteiger partial charge in [0.25, 0.3) is 0 Å². The van der Waals surface area contributed by atoms with Crippen molar-refractivity contribution in [2.24, 2.45) is 0 Å². The van der Waals surface area contributed by atoms with Crippen LogP contribution in [0.3, 0.4) is 0 Å². The lowest BCUT2D eigenvalue weighted by Gasteiger charge is -2.41. The molecule has 0 aromatic heterocycles. The SMILES string of the molecule is CCC1CN(CC2CCN2)CC(CC)O1. The van der Waals surface area contributed by atoms with Crippen LogP contribution in [0.1, 0.15) is 33.1 Å². The summed E-state index contributed by atoms with van der Waals surface area (Å²) in [5.41, 5.74) is 0. The summed E-state index contributed by atoms with van der Waals surface area (Å²) in [4.78, 5) is 2.59. The van der Waals surface area contributed by atoms with E-state index in [4.69, 9.17) is 4.74 Å². The van der Waals surface area contributed by atoms with Crippen LogP contribution in [0, 0.1) is 0 Å². The van der Waals surface area contributed by atoms with Crippen LogP contribution in [0.15, 0.2) is 0 Å². The van der Waals surface area contributed by atoms with Gasteiger partial charge in [0.05, 0.1) is 12.2 Å². The van der Waals surface area contributed by atoms with Crippen LogP contribution in [0.4, 0.5) is 0 Å². The molecule has 2 saturated heterocycles. The molecule has 0 amide bonds. The van der Waals surface area contributed by atoms with Gasteiger partial charge in [-0.1, -0.05) is 13.8 Å². The number of nitrogens with zero attached hydrogens (tertiary/aromatic N) is 1. The van der Waals surface area contributed by atoms with E-state index < -0.39 is 0 Å². The quantitative estimate of drug-likeness (QED) is 0.759. The van der Waals surface area contributed by atoms with E-state index in [1.54, 1.807) is 0 Å². The number of nitrogens with one attached hydrogen (secondary N) is 1. The highest BCUT2D eigenvalue weighted by Gasteiger charge is 2.28. The van der Waals surface area contributed by atoms with E-state index in [1.807, 2.05) is 0 Å². The molecule has 0 radical (unpaired) electrons. The number of hydrogen-bond donors (Lipinski definition) is 1. The molecule has 1 N–H and O–H groups in total. The van der Waals surface area contributed by atoms with E-state index in [0.717, 1.165) is 32.0 Å².